The highest BCUT2D eigenvalue weighted by molar-refractivity contribution is 6.33. The average Bonchev–Trinajstić information content (AvgIpc) is 3.10. The van der Waals surface area contributed by atoms with Gasteiger partial charge in [-0.1, -0.05) is 29.8 Å². The molecule has 25 heavy (non-hydrogen) atoms. The van der Waals surface area contributed by atoms with E-state index < -0.39 is 0 Å². The number of nitrogens with zero attached hydrogens (tertiary/aromatic N) is 2. The van der Waals surface area contributed by atoms with Gasteiger partial charge in [0.1, 0.15) is 0 Å². The van der Waals surface area contributed by atoms with E-state index in [2.05, 4.69) is 15.3 Å². The molecule has 0 radical (unpaired) electrons. The molecule has 0 spiro atoms. The van der Waals surface area contributed by atoms with E-state index in [0.29, 0.717) is 29.5 Å². The average molecular weight is 356 g/mol. The Morgan fingerprint density at radius 1 is 1.24 bits per heavy atom. The SMILES string of the molecule is CC(NC(=O)CCc1ncc(-c2ccccc2Cl)o1)c1cccnc1. The minimum absolute atomic E-state index is 0.0613. The smallest absolute Gasteiger partial charge is 0.220 e. The molecule has 1 aromatic carbocycles. The fourth-order valence-electron chi connectivity index (χ4n) is 2.46. The third-order valence-electron chi connectivity index (χ3n) is 3.82. The number of aryl methyl sites for hydroxylation is 1. The van der Waals surface area contributed by atoms with E-state index in [-0.39, 0.29) is 11.9 Å². The Kier molecular flexibility index (Phi) is 5.46. The van der Waals surface area contributed by atoms with Gasteiger partial charge in [-0.3, -0.25) is 9.78 Å². The zero-order valence-electron chi connectivity index (χ0n) is 13.8. The number of rotatable bonds is 6. The molecular weight excluding hydrogens is 338 g/mol. The Bertz CT molecular complexity index is 849. The number of pyridine rings is 1. The van der Waals surface area contributed by atoms with Crippen LogP contribution in [-0.4, -0.2) is 15.9 Å². The van der Waals surface area contributed by atoms with E-state index >= 15 is 0 Å². The summed E-state index contributed by atoms with van der Waals surface area (Å²) in [5, 5.41) is 3.55. The van der Waals surface area contributed by atoms with Crippen molar-refractivity contribution in [3.8, 4) is 11.3 Å². The van der Waals surface area contributed by atoms with Crippen molar-refractivity contribution < 1.29 is 9.21 Å². The second-order valence-electron chi connectivity index (χ2n) is 5.67. The number of amides is 1. The minimum Gasteiger partial charge on any atom is -0.441 e. The van der Waals surface area contributed by atoms with Crippen LogP contribution in [0.4, 0.5) is 0 Å². The van der Waals surface area contributed by atoms with Gasteiger partial charge in [0.05, 0.1) is 17.3 Å². The highest BCUT2D eigenvalue weighted by Gasteiger charge is 2.13. The van der Waals surface area contributed by atoms with Crippen LogP contribution in [0.15, 0.2) is 59.4 Å². The maximum absolute atomic E-state index is 12.1. The Morgan fingerprint density at radius 3 is 2.84 bits per heavy atom. The Morgan fingerprint density at radius 2 is 2.08 bits per heavy atom. The van der Waals surface area contributed by atoms with Gasteiger partial charge in [0.2, 0.25) is 5.91 Å². The molecule has 5 nitrogen and oxygen atoms in total. The van der Waals surface area contributed by atoms with Gasteiger partial charge < -0.3 is 9.73 Å². The van der Waals surface area contributed by atoms with Crippen molar-refractivity contribution in [2.75, 3.05) is 0 Å². The summed E-state index contributed by atoms with van der Waals surface area (Å²) in [5.74, 6) is 1.05. The second kappa shape index (κ2) is 7.94. The molecule has 6 heteroatoms. The van der Waals surface area contributed by atoms with Crippen LogP contribution in [0.5, 0.6) is 0 Å². The van der Waals surface area contributed by atoms with Crippen LogP contribution in [0.3, 0.4) is 0 Å². The number of carbonyl (C=O) groups is 1. The van der Waals surface area contributed by atoms with Gasteiger partial charge in [0.15, 0.2) is 11.7 Å². The molecule has 1 unspecified atom stereocenters. The summed E-state index contributed by atoms with van der Waals surface area (Å²) in [6.07, 6.45) is 5.81. The van der Waals surface area contributed by atoms with Crippen LogP contribution in [0, 0.1) is 0 Å². The maximum atomic E-state index is 12.1. The highest BCUT2D eigenvalue weighted by Crippen LogP contribution is 2.28. The van der Waals surface area contributed by atoms with E-state index in [1.165, 1.54) is 0 Å². The Balaban J connectivity index is 1.55. The predicted octanol–water partition coefficient (Wildman–Crippen LogP) is 4.20. The van der Waals surface area contributed by atoms with Gasteiger partial charge in [-0.15, -0.1) is 0 Å². The molecule has 0 fully saturated rings. The third kappa shape index (κ3) is 4.45. The molecule has 0 bridgehead atoms. The lowest BCUT2D eigenvalue weighted by molar-refractivity contribution is -0.121. The summed E-state index contributed by atoms with van der Waals surface area (Å²) in [7, 11) is 0. The highest BCUT2D eigenvalue weighted by atomic mass is 35.5. The standard InChI is InChI=1S/C19H18ClN3O2/c1-13(14-5-4-10-21-11-14)23-18(24)8-9-19-22-12-17(25-19)15-6-2-3-7-16(15)20/h2-7,10-13H,8-9H2,1H3,(H,23,24). The third-order valence-corrected chi connectivity index (χ3v) is 4.15. The minimum atomic E-state index is -0.0931. The van der Waals surface area contributed by atoms with Gasteiger partial charge in [-0.05, 0) is 30.7 Å². The van der Waals surface area contributed by atoms with Gasteiger partial charge >= 0.3 is 0 Å². The van der Waals surface area contributed by atoms with Crippen molar-refractivity contribution in [3.63, 3.8) is 0 Å². The molecule has 1 amide bonds. The van der Waals surface area contributed by atoms with Crippen molar-refractivity contribution in [2.45, 2.75) is 25.8 Å². The first kappa shape index (κ1) is 17.2. The summed E-state index contributed by atoms with van der Waals surface area (Å²) in [6.45, 7) is 1.93. The van der Waals surface area contributed by atoms with Gasteiger partial charge in [0, 0.05) is 30.8 Å². The number of aromatic nitrogens is 2. The number of benzene rings is 1. The summed E-state index contributed by atoms with van der Waals surface area (Å²) < 4.78 is 5.70. The summed E-state index contributed by atoms with van der Waals surface area (Å²) >= 11 is 6.15. The van der Waals surface area contributed by atoms with Crippen LogP contribution in [-0.2, 0) is 11.2 Å². The van der Waals surface area contributed by atoms with Gasteiger partial charge in [0.25, 0.3) is 0 Å². The van der Waals surface area contributed by atoms with Crippen molar-refractivity contribution in [1.29, 1.82) is 0 Å². The molecule has 2 aromatic heterocycles. The Hall–Kier alpha value is -2.66. The van der Waals surface area contributed by atoms with Crippen LogP contribution < -0.4 is 5.32 Å². The topological polar surface area (TPSA) is 68.0 Å². The summed E-state index contributed by atoms with van der Waals surface area (Å²) in [4.78, 5) is 20.4. The maximum Gasteiger partial charge on any atom is 0.220 e. The van der Waals surface area contributed by atoms with E-state index in [0.717, 1.165) is 11.1 Å². The lowest BCUT2D eigenvalue weighted by Crippen LogP contribution is -2.26. The largest absolute Gasteiger partial charge is 0.441 e. The fraction of sp³-hybridized carbons (Fsp3) is 0.211. The first-order valence-corrected chi connectivity index (χ1v) is 8.40. The number of carbonyl (C=O) groups excluding carboxylic acids is 1. The molecule has 0 aliphatic rings. The van der Waals surface area contributed by atoms with E-state index in [1.807, 2.05) is 37.3 Å². The first-order chi connectivity index (χ1) is 12.1. The van der Waals surface area contributed by atoms with Crippen LogP contribution in [0.2, 0.25) is 5.02 Å². The van der Waals surface area contributed by atoms with Gasteiger partial charge in [-0.2, -0.15) is 0 Å². The molecule has 0 saturated carbocycles. The van der Waals surface area contributed by atoms with Crippen LogP contribution >= 0.6 is 11.6 Å². The van der Waals surface area contributed by atoms with Crippen molar-refractivity contribution in [1.82, 2.24) is 15.3 Å². The van der Waals surface area contributed by atoms with E-state index in [1.54, 1.807) is 24.7 Å². The summed E-state index contributed by atoms with van der Waals surface area (Å²) in [6, 6.07) is 11.1. The van der Waals surface area contributed by atoms with Crippen LogP contribution in [0.25, 0.3) is 11.3 Å². The molecule has 0 aliphatic carbocycles. The van der Waals surface area contributed by atoms with E-state index in [4.69, 9.17) is 16.0 Å². The number of hydrogen-bond acceptors (Lipinski definition) is 4. The number of nitrogens with one attached hydrogen (secondary N) is 1. The molecule has 0 aliphatic heterocycles. The van der Waals surface area contributed by atoms with Crippen molar-refractivity contribution in [3.05, 3.63) is 71.5 Å². The molecule has 2 heterocycles. The molecule has 3 rings (SSSR count). The number of oxazole rings is 1. The second-order valence-corrected chi connectivity index (χ2v) is 6.08. The number of hydrogen-bond donors (Lipinski definition) is 1. The first-order valence-electron chi connectivity index (χ1n) is 8.02. The Labute approximate surface area is 151 Å². The van der Waals surface area contributed by atoms with Gasteiger partial charge in [-0.25, -0.2) is 4.98 Å². The number of halogens is 1. The molecule has 3 aromatic rings. The van der Waals surface area contributed by atoms with Crippen molar-refractivity contribution >= 4 is 17.5 Å². The van der Waals surface area contributed by atoms with E-state index in [9.17, 15) is 4.79 Å². The normalized spacial score (nSPS) is 11.9. The predicted molar refractivity (Wildman–Crippen MR) is 96.1 cm³/mol. The molecule has 128 valence electrons. The lowest BCUT2D eigenvalue weighted by Gasteiger charge is -2.13. The fourth-order valence-corrected chi connectivity index (χ4v) is 2.69. The molecule has 1 N–H and O–H groups in total. The monoisotopic (exact) mass is 355 g/mol. The quantitative estimate of drug-likeness (QED) is 0.719. The zero-order chi connectivity index (χ0) is 17.6. The van der Waals surface area contributed by atoms with Crippen LogP contribution in [0.1, 0.15) is 30.8 Å². The van der Waals surface area contributed by atoms with Crippen molar-refractivity contribution in [2.24, 2.45) is 0 Å². The molecule has 0 saturated heterocycles. The lowest BCUT2D eigenvalue weighted by atomic mass is 10.1. The molecule has 1 atom stereocenters. The zero-order valence-corrected chi connectivity index (χ0v) is 14.5. The summed E-state index contributed by atoms with van der Waals surface area (Å²) in [5.41, 5.74) is 1.76. The molecular formula is C19H18ClN3O2.